The fourth-order valence-electron chi connectivity index (χ4n) is 7.01. The minimum atomic E-state index is 0.0528. The highest BCUT2D eigenvalue weighted by atomic mass is 127. The van der Waals surface area contributed by atoms with Crippen molar-refractivity contribution in [1.29, 1.82) is 0 Å². The summed E-state index contributed by atoms with van der Waals surface area (Å²) in [5.41, 5.74) is 3.76. The fraction of sp³-hybridized carbons (Fsp3) is 0.474. The van der Waals surface area contributed by atoms with Crippen LogP contribution in [0, 0.1) is 17.5 Å². The lowest BCUT2D eigenvalue weighted by atomic mass is 10.2. The van der Waals surface area contributed by atoms with Crippen LogP contribution >= 0.6 is 69.0 Å². The molecule has 4 aromatic rings. The number of carbonyl (C=O) groups is 2. The molecule has 3 aliphatic rings. The van der Waals surface area contributed by atoms with E-state index in [2.05, 4.69) is 47.5 Å². The summed E-state index contributed by atoms with van der Waals surface area (Å²) in [5.74, 6) is 2.24. The molecule has 0 radical (unpaired) electrons. The van der Waals surface area contributed by atoms with E-state index < -0.39 is 0 Å². The first-order chi connectivity index (χ1) is 26.9. The number of hydrogen-bond donors (Lipinski definition) is 0. The number of carbonyl (C=O) groups excluding carboxylic acids is 2. The Morgan fingerprint density at radius 3 is 1.46 bits per heavy atom. The summed E-state index contributed by atoms with van der Waals surface area (Å²) >= 11 is 26.9. The summed E-state index contributed by atoms with van der Waals surface area (Å²) in [6.07, 6.45) is 2.32. The monoisotopic (exact) mass is 959 g/mol. The minimum Gasteiger partial charge on any atom is -0.495 e. The van der Waals surface area contributed by atoms with E-state index in [1.54, 1.807) is 23.6 Å². The van der Waals surface area contributed by atoms with Gasteiger partial charge in [-0.3, -0.25) is 19.0 Å². The van der Waals surface area contributed by atoms with Gasteiger partial charge in [0.15, 0.2) is 5.82 Å². The van der Waals surface area contributed by atoms with Crippen molar-refractivity contribution >= 4 is 98.0 Å². The number of halogens is 5. The molecule has 3 aliphatic heterocycles. The first-order valence-electron chi connectivity index (χ1n) is 18.5. The van der Waals surface area contributed by atoms with E-state index in [1.807, 2.05) is 60.0 Å². The molecular formula is C38H46Cl4IN9O4. The largest absolute Gasteiger partial charge is 0.495 e. The van der Waals surface area contributed by atoms with Crippen molar-refractivity contribution in [1.82, 2.24) is 29.4 Å². The van der Waals surface area contributed by atoms with Gasteiger partial charge in [-0.2, -0.15) is 10.2 Å². The third-order valence-corrected chi connectivity index (χ3v) is 13.0. The first kappa shape index (κ1) is 42.3. The Hall–Kier alpha value is -3.31. The van der Waals surface area contributed by atoms with Crippen molar-refractivity contribution in [2.45, 2.75) is 39.8 Å². The number of methoxy groups -OCH3 is 2. The molecule has 5 heterocycles. The number of nitrogens with zero attached hydrogens (tertiary/aromatic N) is 9. The van der Waals surface area contributed by atoms with Crippen LogP contribution in [0.1, 0.15) is 24.2 Å². The lowest BCUT2D eigenvalue weighted by molar-refractivity contribution is -0.133. The first-order valence-corrected chi connectivity index (χ1v) is 21.1. The van der Waals surface area contributed by atoms with Crippen LogP contribution in [0.3, 0.4) is 0 Å². The molecule has 7 rings (SSSR count). The second-order valence-corrected chi connectivity index (χ2v) is 16.4. The molecule has 0 aliphatic carbocycles. The predicted molar refractivity (Wildman–Crippen MR) is 232 cm³/mol. The Labute approximate surface area is 361 Å². The van der Waals surface area contributed by atoms with Crippen LogP contribution in [0.25, 0.3) is 0 Å². The maximum absolute atomic E-state index is 12.9. The van der Waals surface area contributed by atoms with Gasteiger partial charge in [0, 0.05) is 89.0 Å². The SMILES string of the molecule is COc1cc(N2CCN(C(=O)Cn3nc(I)c(Cl)c3C)CC2)ccc1Cl.COc1cc(N2CCN(C(=O)Cn3nc(N4CCCC4)c(Cl)c3C)CC2)ccc1Cl. The van der Waals surface area contributed by atoms with Crippen LogP contribution in [-0.2, 0) is 22.7 Å². The van der Waals surface area contributed by atoms with E-state index in [0.29, 0.717) is 57.8 Å². The lowest BCUT2D eigenvalue weighted by Crippen LogP contribution is -2.49. The highest BCUT2D eigenvalue weighted by Gasteiger charge is 2.27. The molecule has 0 unspecified atom stereocenters. The fourth-order valence-corrected chi connectivity index (χ4v) is 8.44. The molecule has 0 bridgehead atoms. The zero-order valence-corrected chi connectivity index (χ0v) is 37.1. The molecule has 0 N–H and O–H groups in total. The van der Waals surface area contributed by atoms with Crippen molar-refractivity contribution < 1.29 is 19.1 Å². The average molecular weight is 962 g/mol. The Balaban J connectivity index is 0.000000192. The molecule has 0 atom stereocenters. The molecule has 2 amide bonds. The topological polar surface area (TPSA) is 104 Å². The summed E-state index contributed by atoms with van der Waals surface area (Å²) in [6.45, 7) is 11.9. The molecule has 302 valence electrons. The van der Waals surface area contributed by atoms with Crippen LogP contribution in [0.15, 0.2) is 36.4 Å². The second-order valence-electron chi connectivity index (χ2n) is 13.8. The third-order valence-electron chi connectivity index (χ3n) is 10.5. The minimum absolute atomic E-state index is 0.0528. The van der Waals surface area contributed by atoms with Gasteiger partial charge >= 0.3 is 0 Å². The molecule has 18 heteroatoms. The number of ether oxygens (including phenoxy) is 2. The number of hydrogen-bond acceptors (Lipinski definition) is 9. The van der Waals surface area contributed by atoms with E-state index in [1.165, 1.54) is 0 Å². The van der Waals surface area contributed by atoms with E-state index in [4.69, 9.17) is 55.9 Å². The van der Waals surface area contributed by atoms with Gasteiger partial charge in [-0.25, -0.2) is 0 Å². The molecule has 56 heavy (non-hydrogen) atoms. The van der Waals surface area contributed by atoms with Gasteiger partial charge in [0.2, 0.25) is 11.8 Å². The molecule has 2 aromatic heterocycles. The number of amides is 2. The van der Waals surface area contributed by atoms with Crippen LogP contribution in [-0.4, -0.2) is 121 Å². The van der Waals surface area contributed by atoms with Gasteiger partial charge in [-0.05, 0) is 73.5 Å². The molecular weight excluding hydrogens is 915 g/mol. The highest BCUT2D eigenvalue weighted by molar-refractivity contribution is 14.1. The normalized spacial score (nSPS) is 15.9. The molecule has 0 saturated carbocycles. The predicted octanol–water partition coefficient (Wildman–Crippen LogP) is 6.92. The number of aromatic nitrogens is 4. The Kier molecular flexibility index (Phi) is 14.3. The van der Waals surface area contributed by atoms with Crippen LogP contribution < -0.4 is 24.2 Å². The molecule has 2 aromatic carbocycles. The maximum atomic E-state index is 12.9. The van der Waals surface area contributed by atoms with Gasteiger partial charge in [0.1, 0.15) is 33.3 Å². The Morgan fingerprint density at radius 2 is 1.05 bits per heavy atom. The molecule has 3 fully saturated rings. The zero-order chi connectivity index (χ0) is 40.1. The van der Waals surface area contributed by atoms with Gasteiger partial charge < -0.3 is 34.0 Å². The van der Waals surface area contributed by atoms with Crippen molar-refractivity contribution in [3.63, 3.8) is 0 Å². The summed E-state index contributed by atoms with van der Waals surface area (Å²) in [4.78, 5) is 35.9. The maximum Gasteiger partial charge on any atom is 0.244 e. The lowest BCUT2D eigenvalue weighted by Gasteiger charge is -2.36. The standard InChI is InChI=1S/C21H27Cl2N5O2.C17H19Cl2IN4O2/c1-15-20(23)21(27-7-3-4-8-27)24-28(15)14-19(29)26-11-9-25(10-12-26)16-5-6-17(22)18(13-16)30-2;1-11-16(19)17(20)21-24(11)10-15(25)23-7-5-22(6-8-23)12-3-4-13(18)14(9-12)26-2/h5-6,13H,3-4,7-12,14H2,1-2H3;3-4,9H,5-8,10H2,1-2H3. The molecule has 3 saturated heterocycles. The van der Waals surface area contributed by atoms with Gasteiger partial charge in [-0.15, -0.1) is 0 Å². The summed E-state index contributed by atoms with van der Waals surface area (Å²) < 4.78 is 14.7. The Bertz CT molecular complexity index is 2020. The smallest absolute Gasteiger partial charge is 0.244 e. The van der Waals surface area contributed by atoms with Crippen molar-refractivity contribution in [2.24, 2.45) is 0 Å². The van der Waals surface area contributed by atoms with Crippen molar-refractivity contribution in [2.75, 3.05) is 94.4 Å². The van der Waals surface area contributed by atoms with Crippen LogP contribution in [0.4, 0.5) is 17.2 Å². The number of piperazine rings is 2. The van der Waals surface area contributed by atoms with Crippen molar-refractivity contribution in [3.8, 4) is 11.5 Å². The van der Waals surface area contributed by atoms with E-state index in [-0.39, 0.29) is 24.9 Å². The molecule has 13 nitrogen and oxygen atoms in total. The van der Waals surface area contributed by atoms with Gasteiger partial charge in [-0.1, -0.05) is 46.4 Å². The summed E-state index contributed by atoms with van der Waals surface area (Å²) in [6, 6.07) is 11.5. The summed E-state index contributed by atoms with van der Waals surface area (Å²) in [5, 5.41) is 11.4. The number of rotatable bonds is 9. The number of anilines is 3. The van der Waals surface area contributed by atoms with Gasteiger partial charge in [0.05, 0.1) is 40.7 Å². The highest BCUT2D eigenvalue weighted by Crippen LogP contribution is 2.33. The van der Waals surface area contributed by atoms with E-state index in [0.717, 1.165) is 84.4 Å². The van der Waals surface area contributed by atoms with Crippen LogP contribution in [0.5, 0.6) is 11.5 Å². The number of benzene rings is 2. The summed E-state index contributed by atoms with van der Waals surface area (Å²) in [7, 11) is 3.21. The zero-order valence-electron chi connectivity index (χ0n) is 31.9. The second kappa shape index (κ2) is 19.0. The quantitative estimate of drug-likeness (QED) is 0.166. The van der Waals surface area contributed by atoms with Crippen molar-refractivity contribution in [3.05, 3.63) is 71.6 Å². The molecule has 0 spiro atoms. The third kappa shape index (κ3) is 9.68. The average Bonchev–Trinajstić information content (AvgIpc) is 3.91. The van der Waals surface area contributed by atoms with Gasteiger partial charge in [0.25, 0.3) is 0 Å². The van der Waals surface area contributed by atoms with E-state index >= 15 is 0 Å². The van der Waals surface area contributed by atoms with Crippen LogP contribution in [0.2, 0.25) is 20.1 Å². The Morgan fingerprint density at radius 1 is 0.625 bits per heavy atom. The van der Waals surface area contributed by atoms with E-state index in [9.17, 15) is 9.59 Å².